The van der Waals surface area contributed by atoms with Crippen molar-refractivity contribution < 1.29 is 23.8 Å². The predicted octanol–water partition coefficient (Wildman–Crippen LogP) is 5.11. The number of pyridine rings is 1. The monoisotopic (exact) mass is 552 g/mol. The summed E-state index contributed by atoms with van der Waals surface area (Å²) in [5.74, 6) is 1.60. The summed E-state index contributed by atoms with van der Waals surface area (Å²) >= 11 is 0. The third kappa shape index (κ3) is 4.92. The maximum absolute atomic E-state index is 13.6. The Balaban J connectivity index is 1.19. The summed E-state index contributed by atoms with van der Waals surface area (Å²) in [6, 6.07) is 13.1. The van der Waals surface area contributed by atoms with Gasteiger partial charge in [-0.3, -0.25) is 19.3 Å². The van der Waals surface area contributed by atoms with E-state index in [-0.39, 0.29) is 18.1 Å². The van der Waals surface area contributed by atoms with Gasteiger partial charge in [0.1, 0.15) is 22.8 Å². The fraction of sp³-hybridized carbons (Fsp3) is 0.312. The summed E-state index contributed by atoms with van der Waals surface area (Å²) < 4.78 is 19.5. The van der Waals surface area contributed by atoms with E-state index in [1.165, 1.54) is 0 Å². The maximum atomic E-state index is 13.6. The van der Waals surface area contributed by atoms with Gasteiger partial charge in [0.25, 0.3) is 5.91 Å². The summed E-state index contributed by atoms with van der Waals surface area (Å²) in [5.41, 5.74) is 4.81. The van der Waals surface area contributed by atoms with E-state index >= 15 is 0 Å². The number of benzene rings is 2. The van der Waals surface area contributed by atoms with Crippen LogP contribution in [0.4, 0.5) is 0 Å². The first kappa shape index (κ1) is 26.6. The highest BCUT2D eigenvalue weighted by Gasteiger charge is 2.44. The summed E-state index contributed by atoms with van der Waals surface area (Å²) in [4.78, 5) is 33.2. The highest BCUT2D eigenvalue weighted by atomic mass is 16.5. The Hall–Kier alpha value is -4.66. The van der Waals surface area contributed by atoms with Gasteiger partial charge in [0.2, 0.25) is 0 Å². The Morgan fingerprint density at radius 1 is 0.976 bits per heavy atom. The first-order valence-electron chi connectivity index (χ1n) is 13.6. The van der Waals surface area contributed by atoms with Crippen LogP contribution in [-0.4, -0.2) is 64.3 Å². The Labute approximate surface area is 238 Å². The van der Waals surface area contributed by atoms with Crippen molar-refractivity contribution in [3.05, 3.63) is 77.7 Å². The number of likely N-dealkylation sites (tertiary alicyclic amines) is 1. The first-order valence-corrected chi connectivity index (χ1v) is 13.6. The molecular formula is C32H32N4O5. The SMILES string of the molecule is COc1cc(C(=O)N2CCC3(CC2)CC(=O)c2cc(-c4ccc(C)cn4)ccc2O3)cc(OC)c1-c1cnn(C)c1. The predicted molar refractivity (Wildman–Crippen MR) is 154 cm³/mol. The van der Waals surface area contributed by atoms with Crippen LogP contribution in [-0.2, 0) is 7.05 Å². The number of ether oxygens (including phenoxy) is 3. The lowest BCUT2D eigenvalue weighted by Gasteiger charge is -2.44. The molecule has 4 heterocycles. The molecule has 0 N–H and O–H groups in total. The van der Waals surface area contributed by atoms with E-state index in [9.17, 15) is 9.59 Å². The molecule has 0 atom stereocenters. The minimum absolute atomic E-state index is 0.0560. The highest BCUT2D eigenvalue weighted by Crippen LogP contribution is 2.42. The second kappa shape index (κ2) is 10.4. The molecule has 4 aromatic rings. The number of nitrogens with zero attached hydrogens (tertiary/aromatic N) is 4. The molecule has 1 spiro atoms. The van der Waals surface area contributed by atoms with Gasteiger partial charge in [0, 0.05) is 62.1 Å². The number of rotatable bonds is 5. The number of Topliss-reactive ketones (excluding diaryl/α,β-unsaturated/α-hetero) is 1. The molecule has 0 aliphatic carbocycles. The molecule has 2 aromatic carbocycles. The van der Waals surface area contributed by atoms with Crippen LogP contribution in [0, 0.1) is 6.92 Å². The molecule has 0 saturated carbocycles. The lowest BCUT2D eigenvalue weighted by Crippen LogP contribution is -2.52. The Morgan fingerprint density at radius 3 is 2.32 bits per heavy atom. The standard InChI is InChI=1S/C32H32N4O5/c1-20-5-7-25(33-17-20)21-6-8-27-24(13-21)26(37)16-32(41-27)9-11-36(12-10-32)31(38)22-14-28(39-3)30(29(15-22)40-4)23-18-34-35(2)19-23/h5-8,13-15,17-19H,9-12,16H2,1-4H3. The summed E-state index contributed by atoms with van der Waals surface area (Å²) in [6.07, 6.45) is 6.83. The number of aromatic nitrogens is 3. The van der Waals surface area contributed by atoms with Crippen LogP contribution in [0.3, 0.4) is 0 Å². The van der Waals surface area contributed by atoms with Gasteiger partial charge in [0.15, 0.2) is 5.78 Å². The Kier molecular flexibility index (Phi) is 6.73. The smallest absolute Gasteiger partial charge is 0.254 e. The highest BCUT2D eigenvalue weighted by molar-refractivity contribution is 6.01. The van der Waals surface area contributed by atoms with Crippen molar-refractivity contribution in [2.45, 2.75) is 31.8 Å². The third-order valence-corrected chi connectivity index (χ3v) is 8.00. The Bertz CT molecular complexity index is 1610. The average Bonchev–Trinajstić information content (AvgIpc) is 3.42. The molecule has 2 aliphatic rings. The molecular weight excluding hydrogens is 520 g/mol. The number of carbonyl (C=O) groups is 2. The van der Waals surface area contributed by atoms with Gasteiger partial charge < -0.3 is 19.1 Å². The van der Waals surface area contributed by atoms with Crippen LogP contribution in [0.5, 0.6) is 17.2 Å². The second-order valence-electron chi connectivity index (χ2n) is 10.8. The number of hydrogen-bond acceptors (Lipinski definition) is 7. The van der Waals surface area contributed by atoms with E-state index in [1.807, 2.05) is 56.7 Å². The first-order chi connectivity index (χ1) is 19.8. The van der Waals surface area contributed by atoms with Crippen molar-refractivity contribution >= 4 is 11.7 Å². The molecule has 9 nitrogen and oxygen atoms in total. The van der Waals surface area contributed by atoms with E-state index in [2.05, 4.69) is 10.1 Å². The van der Waals surface area contributed by atoms with E-state index in [0.717, 1.165) is 27.9 Å². The number of amides is 1. The van der Waals surface area contributed by atoms with Gasteiger partial charge in [-0.05, 0) is 48.9 Å². The molecule has 6 rings (SSSR count). The van der Waals surface area contributed by atoms with Crippen LogP contribution in [0.15, 0.2) is 61.1 Å². The molecule has 1 saturated heterocycles. The van der Waals surface area contributed by atoms with Gasteiger partial charge in [-0.15, -0.1) is 0 Å². The lowest BCUT2D eigenvalue weighted by molar-refractivity contribution is -0.00571. The fourth-order valence-electron chi connectivity index (χ4n) is 5.74. The molecule has 2 aliphatic heterocycles. The van der Waals surface area contributed by atoms with Crippen LogP contribution < -0.4 is 14.2 Å². The second-order valence-corrected chi connectivity index (χ2v) is 10.8. The van der Waals surface area contributed by atoms with Gasteiger partial charge >= 0.3 is 0 Å². The van der Waals surface area contributed by atoms with Crippen molar-refractivity contribution in [1.82, 2.24) is 19.7 Å². The summed E-state index contributed by atoms with van der Waals surface area (Å²) in [7, 11) is 4.98. The zero-order valence-electron chi connectivity index (χ0n) is 23.6. The minimum atomic E-state index is -0.621. The average molecular weight is 553 g/mol. The minimum Gasteiger partial charge on any atom is -0.496 e. The number of aryl methyl sites for hydroxylation is 2. The number of carbonyl (C=O) groups excluding carboxylic acids is 2. The number of ketones is 1. The van der Waals surface area contributed by atoms with E-state index in [4.69, 9.17) is 14.2 Å². The van der Waals surface area contributed by atoms with E-state index < -0.39 is 5.60 Å². The zero-order valence-corrected chi connectivity index (χ0v) is 23.6. The van der Waals surface area contributed by atoms with Crippen LogP contribution in [0.1, 0.15) is 45.5 Å². The molecule has 1 amide bonds. The topological polar surface area (TPSA) is 95.8 Å². The van der Waals surface area contributed by atoms with E-state index in [0.29, 0.717) is 54.3 Å². The number of fused-ring (bicyclic) bond motifs is 1. The van der Waals surface area contributed by atoms with Crippen LogP contribution in [0.25, 0.3) is 22.4 Å². The molecule has 0 radical (unpaired) electrons. The van der Waals surface area contributed by atoms with Crippen molar-refractivity contribution in [1.29, 1.82) is 0 Å². The number of methoxy groups -OCH3 is 2. The normalized spacial score (nSPS) is 15.8. The number of hydrogen-bond donors (Lipinski definition) is 0. The largest absolute Gasteiger partial charge is 0.496 e. The fourth-order valence-corrected chi connectivity index (χ4v) is 5.74. The molecule has 1 fully saturated rings. The maximum Gasteiger partial charge on any atom is 0.254 e. The van der Waals surface area contributed by atoms with Crippen molar-refractivity contribution in [2.24, 2.45) is 7.05 Å². The quantitative estimate of drug-likeness (QED) is 0.339. The molecule has 41 heavy (non-hydrogen) atoms. The van der Waals surface area contributed by atoms with Crippen molar-refractivity contribution in [3.63, 3.8) is 0 Å². The third-order valence-electron chi connectivity index (χ3n) is 8.00. The van der Waals surface area contributed by atoms with Crippen molar-refractivity contribution in [2.75, 3.05) is 27.3 Å². The van der Waals surface area contributed by atoms with Crippen LogP contribution >= 0.6 is 0 Å². The molecule has 0 unspecified atom stereocenters. The molecule has 9 heteroatoms. The van der Waals surface area contributed by atoms with Gasteiger partial charge in [-0.1, -0.05) is 6.07 Å². The van der Waals surface area contributed by atoms with Crippen molar-refractivity contribution in [3.8, 4) is 39.6 Å². The summed E-state index contributed by atoms with van der Waals surface area (Å²) in [6.45, 7) is 2.94. The molecule has 0 bridgehead atoms. The zero-order chi connectivity index (χ0) is 28.7. The number of piperidine rings is 1. The Morgan fingerprint density at radius 2 is 1.71 bits per heavy atom. The lowest BCUT2D eigenvalue weighted by atomic mass is 9.82. The van der Waals surface area contributed by atoms with Crippen LogP contribution in [0.2, 0.25) is 0 Å². The van der Waals surface area contributed by atoms with Gasteiger partial charge in [-0.25, -0.2) is 0 Å². The van der Waals surface area contributed by atoms with Gasteiger partial charge in [0.05, 0.1) is 43.7 Å². The summed E-state index contributed by atoms with van der Waals surface area (Å²) in [5, 5.41) is 4.25. The van der Waals surface area contributed by atoms with Gasteiger partial charge in [-0.2, -0.15) is 5.10 Å². The molecule has 210 valence electrons. The van der Waals surface area contributed by atoms with E-state index in [1.54, 1.807) is 42.1 Å². The molecule has 2 aromatic heterocycles.